The molecule has 0 saturated heterocycles. The van der Waals surface area contributed by atoms with Crippen LogP contribution in [0.15, 0.2) is 176 Å². The minimum atomic E-state index is 0.0206. The van der Waals surface area contributed by atoms with Crippen molar-refractivity contribution in [3.05, 3.63) is 182 Å². The first-order chi connectivity index (χ1) is 26.0. The normalized spacial score (nSPS) is 12.1. The Kier molecular flexibility index (Phi) is 7.10. The van der Waals surface area contributed by atoms with Gasteiger partial charge in [0.15, 0.2) is 0 Å². The quantitative estimate of drug-likeness (QED) is 0.169. The highest BCUT2D eigenvalue weighted by Gasteiger charge is 2.22. The number of hydrogen-bond donors (Lipinski definition) is 0. The van der Waals surface area contributed by atoms with Gasteiger partial charge in [0.05, 0.1) is 11.0 Å². The number of para-hydroxylation sites is 1. The molecule has 0 N–H and O–H groups in total. The summed E-state index contributed by atoms with van der Waals surface area (Å²) in [6.07, 6.45) is 3.92. The van der Waals surface area contributed by atoms with Crippen LogP contribution in [0.4, 0.5) is 0 Å². The van der Waals surface area contributed by atoms with Crippen LogP contribution in [0.3, 0.4) is 0 Å². The third kappa shape index (κ3) is 4.98. The van der Waals surface area contributed by atoms with Gasteiger partial charge in [0.1, 0.15) is 0 Å². The Morgan fingerprint density at radius 2 is 1.02 bits per heavy atom. The van der Waals surface area contributed by atoms with Gasteiger partial charge in [0, 0.05) is 34.2 Å². The van der Waals surface area contributed by atoms with E-state index in [9.17, 15) is 0 Å². The van der Waals surface area contributed by atoms with Crippen molar-refractivity contribution < 1.29 is 0 Å². The van der Waals surface area contributed by atoms with E-state index in [0.29, 0.717) is 0 Å². The van der Waals surface area contributed by atoms with Crippen LogP contribution in [0.5, 0.6) is 0 Å². The number of benzene rings is 8. The molecule has 0 radical (unpaired) electrons. The molecule has 0 atom stereocenters. The second-order valence-corrected chi connectivity index (χ2v) is 15.2. The van der Waals surface area contributed by atoms with Crippen molar-refractivity contribution >= 4 is 54.1 Å². The van der Waals surface area contributed by atoms with Gasteiger partial charge in [-0.3, -0.25) is 4.98 Å². The van der Waals surface area contributed by atoms with Gasteiger partial charge in [0.25, 0.3) is 0 Å². The molecule has 0 aliphatic rings. The van der Waals surface area contributed by atoms with Gasteiger partial charge in [-0.1, -0.05) is 148 Å². The average molecular weight is 679 g/mol. The molecule has 0 aliphatic heterocycles. The molecular weight excluding hydrogens is 641 g/mol. The molecule has 2 heterocycles. The van der Waals surface area contributed by atoms with Crippen LogP contribution >= 0.6 is 0 Å². The summed E-state index contributed by atoms with van der Waals surface area (Å²) in [6, 6.07) is 60.3. The Labute approximate surface area is 309 Å². The Balaban J connectivity index is 1.34. The lowest BCUT2D eigenvalue weighted by molar-refractivity contribution is 0.591. The van der Waals surface area contributed by atoms with Crippen LogP contribution in [-0.2, 0) is 5.41 Å². The van der Waals surface area contributed by atoms with E-state index in [2.05, 4.69) is 194 Å². The number of hydrogen-bond acceptors (Lipinski definition) is 1. The van der Waals surface area contributed by atoms with Crippen molar-refractivity contribution in [3.63, 3.8) is 0 Å². The molecule has 0 amide bonds. The first-order valence-electron chi connectivity index (χ1n) is 18.5. The van der Waals surface area contributed by atoms with E-state index >= 15 is 0 Å². The topological polar surface area (TPSA) is 17.8 Å². The molecule has 252 valence electrons. The summed E-state index contributed by atoms with van der Waals surface area (Å²) in [5.41, 5.74) is 12.3. The zero-order chi connectivity index (χ0) is 35.7. The van der Waals surface area contributed by atoms with Crippen LogP contribution < -0.4 is 0 Å². The fraction of sp³-hybridized carbons (Fsp3) is 0.0784. The molecule has 10 aromatic rings. The lowest BCUT2D eigenvalue weighted by atomic mass is 9.81. The highest BCUT2D eigenvalue weighted by atomic mass is 15.0. The van der Waals surface area contributed by atoms with Crippen molar-refractivity contribution in [1.29, 1.82) is 0 Å². The Morgan fingerprint density at radius 1 is 0.434 bits per heavy atom. The first-order valence-corrected chi connectivity index (χ1v) is 18.5. The van der Waals surface area contributed by atoms with E-state index in [1.165, 1.54) is 82.2 Å². The molecule has 8 aromatic carbocycles. The number of fused-ring (bicyclic) bond motifs is 7. The van der Waals surface area contributed by atoms with E-state index in [-0.39, 0.29) is 5.41 Å². The van der Waals surface area contributed by atoms with E-state index < -0.39 is 0 Å². The summed E-state index contributed by atoms with van der Waals surface area (Å²) in [5.74, 6) is 0. The predicted molar refractivity (Wildman–Crippen MR) is 226 cm³/mol. The maximum Gasteiger partial charge on any atom is 0.0620 e. The molecule has 0 fully saturated rings. The van der Waals surface area contributed by atoms with E-state index in [1.54, 1.807) is 0 Å². The Morgan fingerprint density at radius 3 is 1.68 bits per heavy atom. The zero-order valence-corrected chi connectivity index (χ0v) is 30.1. The number of aromatic nitrogens is 2. The molecule has 0 aliphatic carbocycles. The molecule has 10 rings (SSSR count). The van der Waals surface area contributed by atoms with Crippen LogP contribution in [0.25, 0.3) is 93.2 Å². The van der Waals surface area contributed by atoms with Crippen LogP contribution in [0.2, 0.25) is 0 Å². The fourth-order valence-corrected chi connectivity index (χ4v) is 8.49. The largest absolute Gasteiger partial charge is 0.309 e. The summed E-state index contributed by atoms with van der Waals surface area (Å²) in [6.45, 7) is 6.91. The van der Waals surface area contributed by atoms with Gasteiger partial charge in [-0.05, 0) is 108 Å². The molecule has 2 aromatic heterocycles. The van der Waals surface area contributed by atoms with Crippen molar-refractivity contribution in [2.75, 3.05) is 0 Å². The molecule has 2 heteroatoms. The minimum Gasteiger partial charge on any atom is -0.309 e. The number of nitrogens with zero attached hydrogens (tertiary/aromatic N) is 2. The van der Waals surface area contributed by atoms with E-state index in [1.807, 2.05) is 12.4 Å². The van der Waals surface area contributed by atoms with Crippen LogP contribution in [0.1, 0.15) is 26.3 Å². The Bertz CT molecular complexity index is 3000. The predicted octanol–water partition coefficient (Wildman–Crippen LogP) is 13.9. The summed E-state index contributed by atoms with van der Waals surface area (Å²) < 4.78 is 2.40. The maximum atomic E-state index is 4.61. The Hall–Kier alpha value is -6.51. The highest BCUT2D eigenvalue weighted by Crippen LogP contribution is 2.47. The molecule has 0 bridgehead atoms. The molecule has 2 nitrogen and oxygen atoms in total. The van der Waals surface area contributed by atoms with Gasteiger partial charge < -0.3 is 4.57 Å². The lowest BCUT2D eigenvalue weighted by Crippen LogP contribution is -2.10. The monoisotopic (exact) mass is 678 g/mol. The summed E-state index contributed by atoms with van der Waals surface area (Å²) >= 11 is 0. The van der Waals surface area contributed by atoms with Crippen LogP contribution in [0, 0.1) is 0 Å². The van der Waals surface area contributed by atoms with Gasteiger partial charge in [-0.25, -0.2) is 0 Å². The second kappa shape index (κ2) is 12.0. The minimum absolute atomic E-state index is 0.0206. The number of pyridine rings is 1. The summed E-state index contributed by atoms with van der Waals surface area (Å²) in [7, 11) is 0. The molecule has 0 saturated carbocycles. The molecular formula is C51H38N2. The second-order valence-electron chi connectivity index (χ2n) is 15.2. The third-order valence-corrected chi connectivity index (χ3v) is 11.0. The average Bonchev–Trinajstić information content (AvgIpc) is 3.54. The standard InChI is InChI=1S/C51H38N2/c1-51(2,3)36-24-26-40-44(30-36)49(34-17-9-5-10-18-34)39-25-23-35(29-43(39)48(40)33-15-7-4-8-16-33)42-31-45-46-32-52-28-27-47(46)53(37-19-11-6-12-20-37)50(45)41-22-14-13-21-38(41)42/h4-32H,1-3H3. The van der Waals surface area contributed by atoms with Crippen molar-refractivity contribution in [3.8, 4) is 39.1 Å². The maximum absolute atomic E-state index is 4.61. The van der Waals surface area contributed by atoms with Gasteiger partial charge in [-0.15, -0.1) is 0 Å². The third-order valence-electron chi connectivity index (χ3n) is 11.0. The van der Waals surface area contributed by atoms with Crippen molar-refractivity contribution in [2.24, 2.45) is 0 Å². The lowest BCUT2D eigenvalue weighted by Gasteiger charge is -2.23. The number of rotatable bonds is 4. The summed E-state index contributed by atoms with van der Waals surface area (Å²) in [5, 5.41) is 9.87. The first kappa shape index (κ1) is 31.2. The van der Waals surface area contributed by atoms with Gasteiger partial charge in [-0.2, -0.15) is 0 Å². The van der Waals surface area contributed by atoms with E-state index in [0.717, 1.165) is 16.6 Å². The molecule has 0 spiro atoms. The van der Waals surface area contributed by atoms with Gasteiger partial charge >= 0.3 is 0 Å². The van der Waals surface area contributed by atoms with Crippen molar-refractivity contribution in [2.45, 2.75) is 26.2 Å². The molecule has 53 heavy (non-hydrogen) atoms. The highest BCUT2D eigenvalue weighted by molar-refractivity contribution is 6.24. The molecule has 0 unspecified atom stereocenters. The smallest absolute Gasteiger partial charge is 0.0620 e. The summed E-state index contributed by atoms with van der Waals surface area (Å²) in [4.78, 5) is 4.61. The zero-order valence-electron chi connectivity index (χ0n) is 30.1. The fourth-order valence-electron chi connectivity index (χ4n) is 8.49. The van der Waals surface area contributed by atoms with Crippen molar-refractivity contribution in [1.82, 2.24) is 9.55 Å². The van der Waals surface area contributed by atoms with Gasteiger partial charge in [0.2, 0.25) is 0 Å². The van der Waals surface area contributed by atoms with E-state index in [4.69, 9.17) is 0 Å². The SMILES string of the molecule is CC(C)(C)c1ccc2c(-c3ccccc3)c3cc(-c4cc5c6cnccc6n(-c6ccccc6)c5c5ccccc45)ccc3c(-c3ccccc3)c2c1. The van der Waals surface area contributed by atoms with Crippen LogP contribution in [-0.4, -0.2) is 9.55 Å².